The Kier molecular flexibility index (Phi) is 9.62. The van der Waals surface area contributed by atoms with Gasteiger partial charge in [0.15, 0.2) is 0 Å². The van der Waals surface area contributed by atoms with Crippen LogP contribution in [0.2, 0.25) is 5.02 Å². The number of carbonyl (C=O) groups is 2. The lowest BCUT2D eigenvalue weighted by Crippen LogP contribution is -2.38. The number of hydrogen-bond donors (Lipinski definition) is 3. The van der Waals surface area contributed by atoms with Gasteiger partial charge in [0.05, 0.1) is 12.2 Å². The van der Waals surface area contributed by atoms with Crippen molar-refractivity contribution < 1.29 is 27.5 Å². The molecular weight excluding hydrogens is 509 g/mol. The van der Waals surface area contributed by atoms with E-state index in [1.165, 1.54) is 23.1 Å². The van der Waals surface area contributed by atoms with E-state index < -0.39 is 23.8 Å². The number of carbonyl (C=O) groups excluding carboxylic acids is 2. The minimum absolute atomic E-state index is 0.0387. The summed E-state index contributed by atoms with van der Waals surface area (Å²) in [6, 6.07) is 16.6. The molecule has 0 fully saturated rings. The Balaban J connectivity index is 1.63. The third-order valence-corrected chi connectivity index (χ3v) is 5.31. The first-order chi connectivity index (χ1) is 17.7. The maximum atomic E-state index is 13.3. The van der Waals surface area contributed by atoms with Gasteiger partial charge in [-0.25, -0.2) is 9.59 Å². The topological polar surface area (TPSA) is 82.7 Å². The summed E-state index contributed by atoms with van der Waals surface area (Å²) in [6.07, 6.45) is -4.29. The van der Waals surface area contributed by atoms with E-state index in [9.17, 15) is 22.8 Å². The van der Waals surface area contributed by atoms with E-state index in [4.69, 9.17) is 16.3 Å². The van der Waals surface area contributed by atoms with Crippen molar-refractivity contribution in [1.82, 2.24) is 5.32 Å². The molecule has 0 saturated heterocycles. The summed E-state index contributed by atoms with van der Waals surface area (Å²) < 4.78 is 45.1. The average molecular weight is 535 g/mol. The molecule has 11 heteroatoms. The molecule has 37 heavy (non-hydrogen) atoms. The van der Waals surface area contributed by atoms with Gasteiger partial charge in [0.1, 0.15) is 5.75 Å². The molecule has 0 aliphatic rings. The van der Waals surface area contributed by atoms with Gasteiger partial charge in [0, 0.05) is 35.2 Å². The van der Waals surface area contributed by atoms with Crippen molar-refractivity contribution in [2.24, 2.45) is 0 Å². The highest BCUT2D eigenvalue weighted by molar-refractivity contribution is 6.30. The minimum atomic E-state index is -4.56. The summed E-state index contributed by atoms with van der Waals surface area (Å²) >= 11 is 5.97. The van der Waals surface area contributed by atoms with Crippen molar-refractivity contribution in [3.63, 3.8) is 0 Å². The van der Waals surface area contributed by atoms with Crippen LogP contribution in [0, 0.1) is 0 Å². The standard InChI is InChI=1S/C26H26ClF3N4O3/c1-2-37-23-12-10-20(11-13-23)32-24(35)31-14-5-15-34(22-9-3-6-18(16-22)26(28,29)30)25(36)33-21-8-4-7-19(27)17-21/h3-4,6-13,16-17H,2,5,14-15H2,1H3,(H,33,36)(H2,31,32,35). The molecule has 0 unspecified atom stereocenters. The molecule has 0 aromatic heterocycles. The summed E-state index contributed by atoms with van der Waals surface area (Å²) in [6.45, 7) is 2.61. The van der Waals surface area contributed by atoms with Gasteiger partial charge in [0.25, 0.3) is 0 Å². The van der Waals surface area contributed by atoms with Crippen molar-refractivity contribution in [1.29, 1.82) is 0 Å². The fourth-order valence-corrected chi connectivity index (χ4v) is 3.56. The number of benzene rings is 3. The third-order valence-electron chi connectivity index (χ3n) is 5.07. The minimum Gasteiger partial charge on any atom is -0.494 e. The summed E-state index contributed by atoms with van der Waals surface area (Å²) in [5.41, 5.74) is 0.140. The number of halogens is 4. The van der Waals surface area contributed by atoms with E-state index in [0.717, 1.165) is 12.1 Å². The predicted octanol–water partition coefficient (Wildman–Crippen LogP) is 7.01. The molecule has 4 amide bonds. The second-order valence-corrected chi connectivity index (χ2v) is 8.27. The Morgan fingerprint density at radius 3 is 2.35 bits per heavy atom. The van der Waals surface area contributed by atoms with Crippen LogP contribution in [0.25, 0.3) is 0 Å². The lowest BCUT2D eigenvalue weighted by Gasteiger charge is -2.24. The second-order valence-electron chi connectivity index (χ2n) is 7.83. The van der Waals surface area contributed by atoms with Gasteiger partial charge in [-0.2, -0.15) is 13.2 Å². The van der Waals surface area contributed by atoms with Gasteiger partial charge in [-0.05, 0) is 74.0 Å². The van der Waals surface area contributed by atoms with Gasteiger partial charge < -0.3 is 20.7 Å². The van der Waals surface area contributed by atoms with Crippen LogP contribution in [0.5, 0.6) is 5.75 Å². The van der Waals surface area contributed by atoms with E-state index in [-0.39, 0.29) is 25.2 Å². The zero-order valence-corrected chi connectivity index (χ0v) is 20.7. The largest absolute Gasteiger partial charge is 0.494 e. The Bertz CT molecular complexity index is 1210. The number of nitrogens with one attached hydrogen (secondary N) is 3. The molecule has 3 rings (SSSR count). The quantitative estimate of drug-likeness (QED) is 0.258. The molecular formula is C26H26ClF3N4O3. The van der Waals surface area contributed by atoms with Gasteiger partial charge >= 0.3 is 18.2 Å². The molecule has 3 N–H and O–H groups in total. The molecule has 7 nitrogen and oxygen atoms in total. The van der Waals surface area contributed by atoms with Crippen molar-refractivity contribution >= 4 is 40.7 Å². The van der Waals surface area contributed by atoms with Crippen LogP contribution in [0.1, 0.15) is 18.9 Å². The molecule has 0 aliphatic carbocycles. The molecule has 0 saturated carbocycles. The predicted molar refractivity (Wildman–Crippen MR) is 139 cm³/mol. The van der Waals surface area contributed by atoms with Gasteiger partial charge in [-0.15, -0.1) is 0 Å². The van der Waals surface area contributed by atoms with Gasteiger partial charge in [-0.3, -0.25) is 4.90 Å². The molecule has 3 aromatic rings. The number of urea groups is 2. The first-order valence-corrected chi connectivity index (χ1v) is 11.8. The maximum absolute atomic E-state index is 13.3. The fraction of sp³-hybridized carbons (Fsp3) is 0.231. The fourth-order valence-electron chi connectivity index (χ4n) is 3.37. The molecule has 196 valence electrons. The van der Waals surface area contributed by atoms with E-state index in [1.54, 1.807) is 42.5 Å². The first kappa shape index (κ1) is 27.7. The number of alkyl halides is 3. The summed E-state index contributed by atoms with van der Waals surface area (Å²) in [7, 11) is 0. The van der Waals surface area contributed by atoms with Crippen LogP contribution in [0.15, 0.2) is 72.8 Å². The van der Waals surface area contributed by atoms with Crippen molar-refractivity contribution in [3.8, 4) is 5.75 Å². The Morgan fingerprint density at radius 1 is 0.946 bits per heavy atom. The van der Waals surface area contributed by atoms with Crippen LogP contribution in [0.3, 0.4) is 0 Å². The Labute approximate surface area is 217 Å². The highest BCUT2D eigenvalue weighted by Gasteiger charge is 2.31. The van der Waals surface area contributed by atoms with Crippen molar-refractivity contribution in [2.45, 2.75) is 19.5 Å². The van der Waals surface area contributed by atoms with Crippen LogP contribution >= 0.6 is 11.6 Å². The molecule has 0 aliphatic heterocycles. The van der Waals surface area contributed by atoms with Gasteiger partial charge in [0.2, 0.25) is 0 Å². The second kappa shape index (κ2) is 12.9. The normalized spacial score (nSPS) is 10.9. The molecule has 0 atom stereocenters. The SMILES string of the molecule is CCOc1ccc(NC(=O)NCCCN(C(=O)Nc2cccc(Cl)c2)c2cccc(C(F)(F)F)c2)cc1. The number of rotatable bonds is 9. The molecule has 0 spiro atoms. The van der Waals surface area contributed by atoms with Crippen LogP contribution in [-0.4, -0.2) is 31.8 Å². The lowest BCUT2D eigenvalue weighted by molar-refractivity contribution is -0.137. The third kappa shape index (κ3) is 8.60. The number of nitrogens with zero attached hydrogens (tertiary/aromatic N) is 1. The van der Waals surface area contributed by atoms with Crippen LogP contribution < -0.4 is 25.6 Å². The van der Waals surface area contributed by atoms with Crippen LogP contribution in [-0.2, 0) is 6.18 Å². The number of anilines is 3. The summed E-state index contributed by atoms with van der Waals surface area (Å²) in [5, 5.41) is 8.39. The van der Waals surface area contributed by atoms with Crippen molar-refractivity contribution in [3.05, 3.63) is 83.4 Å². The van der Waals surface area contributed by atoms with Crippen LogP contribution in [0.4, 0.5) is 39.8 Å². The van der Waals surface area contributed by atoms with E-state index >= 15 is 0 Å². The Morgan fingerprint density at radius 2 is 1.68 bits per heavy atom. The number of hydrogen-bond acceptors (Lipinski definition) is 3. The average Bonchev–Trinajstić information content (AvgIpc) is 2.85. The van der Waals surface area contributed by atoms with E-state index in [2.05, 4.69) is 16.0 Å². The highest BCUT2D eigenvalue weighted by Crippen LogP contribution is 2.32. The lowest BCUT2D eigenvalue weighted by atomic mass is 10.1. The smallest absolute Gasteiger partial charge is 0.416 e. The first-order valence-electron chi connectivity index (χ1n) is 11.4. The molecule has 0 heterocycles. The monoisotopic (exact) mass is 534 g/mol. The van der Waals surface area contributed by atoms with E-state index in [1.807, 2.05) is 6.92 Å². The number of amides is 4. The molecule has 0 radical (unpaired) electrons. The summed E-state index contributed by atoms with van der Waals surface area (Å²) in [5.74, 6) is 0.680. The van der Waals surface area contributed by atoms with Gasteiger partial charge in [-0.1, -0.05) is 23.7 Å². The molecule has 3 aromatic carbocycles. The molecule has 0 bridgehead atoms. The zero-order chi connectivity index (χ0) is 26.8. The highest BCUT2D eigenvalue weighted by atomic mass is 35.5. The van der Waals surface area contributed by atoms with E-state index in [0.29, 0.717) is 28.8 Å². The maximum Gasteiger partial charge on any atom is 0.416 e. The number of ether oxygens (including phenoxy) is 1. The Hall–Kier alpha value is -3.92. The summed E-state index contributed by atoms with van der Waals surface area (Å²) in [4.78, 5) is 26.4. The zero-order valence-electron chi connectivity index (χ0n) is 19.9. The van der Waals surface area contributed by atoms with Crippen molar-refractivity contribution in [2.75, 3.05) is 35.2 Å².